The minimum Gasteiger partial charge on any atom is -0.469 e. The second-order valence-electron chi connectivity index (χ2n) is 3.89. The van der Waals surface area contributed by atoms with Crippen molar-refractivity contribution in [2.45, 2.75) is 32.8 Å². The maximum atomic E-state index is 5.38. The standard InChI is InChI=1S/C13H17NO2/c1-3-4-5-10(2)14-11-6-7-12-13(8-11)16-9-15-12/h4-6,8,12H,3,7,9H2,1-2H3/b5-4-,14-10?. The van der Waals surface area contributed by atoms with Crippen molar-refractivity contribution in [2.24, 2.45) is 4.99 Å². The molecule has 1 heterocycles. The number of aliphatic imine (C=N–C) groups is 1. The van der Waals surface area contributed by atoms with Crippen LogP contribution in [0.2, 0.25) is 0 Å². The molecular formula is C13H17NO2. The Morgan fingerprint density at radius 3 is 3.31 bits per heavy atom. The Bertz CT molecular complexity index is 377. The van der Waals surface area contributed by atoms with E-state index in [1.165, 1.54) is 0 Å². The van der Waals surface area contributed by atoms with Crippen molar-refractivity contribution in [2.75, 3.05) is 6.79 Å². The predicted octanol–water partition coefficient (Wildman–Crippen LogP) is 2.96. The molecule has 0 bridgehead atoms. The molecule has 0 aromatic rings. The summed E-state index contributed by atoms with van der Waals surface area (Å²) in [5, 5.41) is 0. The zero-order chi connectivity index (χ0) is 11.4. The number of allylic oxidation sites excluding steroid dienone is 3. The quantitative estimate of drug-likeness (QED) is 0.683. The lowest BCUT2D eigenvalue weighted by molar-refractivity contribution is 0.0509. The lowest BCUT2D eigenvalue weighted by Crippen LogP contribution is -2.09. The summed E-state index contributed by atoms with van der Waals surface area (Å²) in [6.45, 7) is 4.49. The molecule has 1 aliphatic carbocycles. The molecule has 1 unspecified atom stereocenters. The van der Waals surface area contributed by atoms with Crippen LogP contribution in [0.15, 0.2) is 40.8 Å². The van der Waals surface area contributed by atoms with E-state index in [0.717, 1.165) is 30.0 Å². The molecule has 86 valence electrons. The Balaban J connectivity index is 2.06. The minimum absolute atomic E-state index is 0.116. The highest BCUT2D eigenvalue weighted by molar-refractivity contribution is 5.93. The van der Waals surface area contributed by atoms with Crippen molar-refractivity contribution in [1.29, 1.82) is 0 Å². The van der Waals surface area contributed by atoms with E-state index in [2.05, 4.69) is 24.1 Å². The van der Waals surface area contributed by atoms with Gasteiger partial charge >= 0.3 is 0 Å². The van der Waals surface area contributed by atoms with E-state index in [4.69, 9.17) is 9.47 Å². The molecule has 0 N–H and O–H groups in total. The maximum Gasteiger partial charge on any atom is 0.189 e. The van der Waals surface area contributed by atoms with Crippen LogP contribution in [0.25, 0.3) is 0 Å². The number of fused-ring (bicyclic) bond motifs is 1. The summed E-state index contributed by atoms with van der Waals surface area (Å²) in [5.41, 5.74) is 1.98. The molecule has 3 heteroatoms. The Morgan fingerprint density at radius 1 is 1.62 bits per heavy atom. The first-order valence-electron chi connectivity index (χ1n) is 5.67. The van der Waals surface area contributed by atoms with Crippen LogP contribution in [0, 0.1) is 0 Å². The third-order valence-corrected chi connectivity index (χ3v) is 2.54. The van der Waals surface area contributed by atoms with Crippen molar-refractivity contribution in [1.82, 2.24) is 0 Å². The van der Waals surface area contributed by atoms with Gasteiger partial charge in [0.15, 0.2) is 6.79 Å². The Labute approximate surface area is 96.2 Å². The fourth-order valence-corrected chi connectivity index (χ4v) is 1.72. The van der Waals surface area contributed by atoms with Crippen molar-refractivity contribution < 1.29 is 9.47 Å². The first-order chi connectivity index (χ1) is 7.79. The molecule has 3 nitrogen and oxygen atoms in total. The average Bonchev–Trinajstić information content (AvgIpc) is 2.73. The van der Waals surface area contributed by atoms with Gasteiger partial charge in [0.2, 0.25) is 0 Å². The molecule has 1 saturated heterocycles. The van der Waals surface area contributed by atoms with Gasteiger partial charge in [-0.25, -0.2) is 0 Å². The first-order valence-corrected chi connectivity index (χ1v) is 5.67. The van der Waals surface area contributed by atoms with Crippen LogP contribution in [-0.4, -0.2) is 18.6 Å². The van der Waals surface area contributed by atoms with Gasteiger partial charge in [-0.2, -0.15) is 0 Å². The average molecular weight is 219 g/mol. The molecule has 0 aromatic carbocycles. The van der Waals surface area contributed by atoms with Crippen LogP contribution in [0.4, 0.5) is 0 Å². The van der Waals surface area contributed by atoms with Crippen molar-refractivity contribution in [3.63, 3.8) is 0 Å². The number of hydrogen-bond donors (Lipinski definition) is 0. The number of rotatable bonds is 3. The predicted molar refractivity (Wildman–Crippen MR) is 64.1 cm³/mol. The second kappa shape index (κ2) is 5.12. The Morgan fingerprint density at radius 2 is 2.50 bits per heavy atom. The fraction of sp³-hybridized carbons (Fsp3) is 0.462. The van der Waals surface area contributed by atoms with Crippen molar-refractivity contribution >= 4 is 5.71 Å². The van der Waals surface area contributed by atoms with Gasteiger partial charge in [-0.1, -0.05) is 19.1 Å². The fourth-order valence-electron chi connectivity index (χ4n) is 1.72. The summed E-state index contributed by atoms with van der Waals surface area (Å²) in [7, 11) is 0. The van der Waals surface area contributed by atoms with E-state index >= 15 is 0 Å². The van der Waals surface area contributed by atoms with Crippen molar-refractivity contribution in [3.05, 3.63) is 35.8 Å². The topological polar surface area (TPSA) is 30.8 Å². The van der Waals surface area contributed by atoms with Crippen LogP contribution >= 0.6 is 0 Å². The van der Waals surface area contributed by atoms with Gasteiger partial charge in [-0.15, -0.1) is 0 Å². The first kappa shape index (κ1) is 11.1. The van der Waals surface area contributed by atoms with Crippen LogP contribution in [0.1, 0.15) is 26.7 Å². The highest BCUT2D eigenvalue weighted by Crippen LogP contribution is 2.27. The summed E-state index contributed by atoms with van der Waals surface area (Å²) in [5.74, 6) is 0.911. The Hall–Kier alpha value is -1.35. The molecule has 0 radical (unpaired) electrons. The third-order valence-electron chi connectivity index (χ3n) is 2.54. The summed E-state index contributed by atoms with van der Waals surface area (Å²) < 4.78 is 10.7. The van der Waals surface area contributed by atoms with Gasteiger partial charge in [-0.05, 0) is 19.4 Å². The summed E-state index contributed by atoms with van der Waals surface area (Å²) in [6, 6.07) is 0. The molecule has 0 amide bonds. The summed E-state index contributed by atoms with van der Waals surface area (Å²) >= 11 is 0. The largest absolute Gasteiger partial charge is 0.469 e. The highest BCUT2D eigenvalue weighted by Gasteiger charge is 2.25. The summed E-state index contributed by atoms with van der Waals surface area (Å²) in [4.78, 5) is 4.51. The molecular weight excluding hydrogens is 202 g/mol. The number of nitrogens with zero attached hydrogens (tertiary/aromatic N) is 1. The monoisotopic (exact) mass is 219 g/mol. The van der Waals surface area contributed by atoms with Gasteiger partial charge < -0.3 is 9.47 Å². The van der Waals surface area contributed by atoms with E-state index in [-0.39, 0.29) is 6.10 Å². The van der Waals surface area contributed by atoms with Crippen molar-refractivity contribution in [3.8, 4) is 0 Å². The maximum absolute atomic E-state index is 5.38. The Kier molecular flexibility index (Phi) is 3.57. The molecule has 0 spiro atoms. The molecule has 16 heavy (non-hydrogen) atoms. The van der Waals surface area contributed by atoms with Gasteiger partial charge in [0.05, 0.1) is 5.70 Å². The van der Waals surface area contributed by atoms with Crippen LogP contribution in [-0.2, 0) is 9.47 Å². The van der Waals surface area contributed by atoms with Gasteiger partial charge in [-0.3, -0.25) is 4.99 Å². The van der Waals surface area contributed by atoms with E-state index < -0.39 is 0 Å². The van der Waals surface area contributed by atoms with E-state index in [0.29, 0.717) is 6.79 Å². The highest BCUT2D eigenvalue weighted by atomic mass is 16.7. The second-order valence-corrected chi connectivity index (χ2v) is 3.89. The van der Waals surface area contributed by atoms with E-state index in [1.54, 1.807) is 0 Å². The van der Waals surface area contributed by atoms with Crippen LogP contribution in [0.3, 0.4) is 0 Å². The van der Waals surface area contributed by atoms with E-state index in [1.807, 2.05) is 19.1 Å². The van der Waals surface area contributed by atoms with Gasteiger partial charge in [0.1, 0.15) is 11.9 Å². The molecule has 1 atom stereocenters. The lowest BCUT2D eigenvalue weighted by atomic mass is 10.1. The van der Waals surface area contributed by atoms with E-state index in [9.17, 15) is 0 Å². The SMILES string of the molecule is CC/C=C\C(C)=NC1=CCC2OCOC2=C1. The van der Waals surface area contributed by atoms with Gasteiger partial charge in [0.25, 0.3) is 0 Å². The molecule has 1 fully saturated rings. The molecule has 2 aliphatic rings. The zero-order valence-corrected chi connectivity index (χ0v) is 9.77. The zero-order valence-electron chi connectivity index (χ0n) is 9.77. The smallest absolute Gasteiger partial charge is 0.189 e. The lowest BCUT2D eigenvalue weighted by Gasteiger charge is -2.11. The third kappa shape index (κ3) is 2.61. The van der Waals surface area contributed by atoms with Crippen LogP contribution in [0.5, 0.6) is 0 Å². The number of hydrogen-bond acceptors (Lipinski definition) is 3. The number of ether oxygens (including phenoxy) is 2. The molecule has 1 aliphatic heterocycles. The molecule has 0 aromatic heterocycles. The van der Waals surface area contributed by atoms with Gasteiger partial charge in [0, 0.05) is 18.2 Å². The molecule has 0 saturated carbocycles. The molecule has 2 rings (SSSR count). The normalized spacial score (nSPS) is 25.1. The minimum atomic E-state index is 0.116. The summed E-state index contributed by atoms with van der Waals surface area (Å²) in [6.07, 6.45) is 10.2. The van der Waals surface area contributed by atoms with Crippen LogP contribution < -0.4 is 0 Å².